The summed E-state index contributed by atoms with van der Waals surface area (Å²) in [6.45, 7) is 2.22. The van der Waals surface area contributed by atoms with Crippen molar-refractivity contribution in [2.24, 2.45) is 9.98 Å². The summed E-state index contributed by atoms with van der Waals surface area (Å²) in [5.41, 5.74) is 12.4. The van der Waals surface area contributed by atoms with Crippen molar-refractivity contribution in [1.29, 1.82) is 0 Å². The second-order valence-electron chi connectivity index (χ2n) is 15.4. The molecule has 1 atom stereocenters. The Morgan fingerprint density at radius 2 is 1.23 bits per heavy atom. The van der Waals surface area contributed by atoms with Gasteiger partial charge in [0.25, 0.3) is 0 Å². The van der Waals surface area contributed by atoms with Crippen LogP contribution in [0, 0.1) is 0 Å². The lowest BCUT2D eigenvalue weighted by molar-refractivity contribution is 0.666. The van der Waals surface area contributed by atoms with Crippen LogP contribution in [0.15, 0.2) is 209 Å². The maximum atomic E-state index is 6.67. The minimum Gasteiger partial charge on any atom is -0.456 e. The van der Waals surface area contributed by atoms with Gasteiger partial charge in [-0.2, -0.15) is 0 Å². The van der Waals surface area contributed by atoms with Crippen LogP contribution >= 0.6 is 0 Å². The van der Waals surface area contributed by atoms with Gasteiger partial charge < -0.3 is 15.1 Å². The van der Waals surface area contributed by atoms with Crippen molar-refractivity contribution in [1.82, 2.24) is 5.32 Å². The van der Waals surface area contributed by atoms with Gasteiger partial charge in [-0.05, 0) is 98.2 Å². The smallest absolute Gasteiger partial charge is 0.159 e. The first kappa shape index (κ1) is 35.4. The summed E-state index contributed by atoms with van der Waals surface area (Å²) in [5, 5.41) is 14.5. The number of furan rings is 1. The SMILES string of the molecule is CCc1ccccc1-c1cc2ccccc2cc1Nc1cc(C2=NC(c3ccc4ccccc4c3)=NC(c3cccc(-c4ccccc4)c3)N2)cc2oc3ccccc3c12. The van der Waals surface area contributed by atoms with Gasteiger partial charge in [-0.3, -0.25) is 0 Å². The molecule has 0 saturated heterocycles. The van der Waals surface area contributed by atoms with Crippen LogP contribution in [0.2, 0.25) is 0 Å². The first-order valence-corrected chi connectivity index (χ1v) is 20.6. The van der Waals surface area contributed by atoms with Crippen LogP contribution in [-0.2, 0) is 6.42 Å². The number of aryl methyl sites for hydroxylation is 1. The maximum absolute atomic E-state index is 6.67. The largest absolute Gasteiger partial charge is 0.456 e. The molecule has 0 bridgehead atoms. The van der Waals surface area contributed by atoms with Gasteiger partial charge in [-0.15, -0.1) is 0 Å². The molecule has 5 heteroatoms. The van der Waals surface area contributed by atoms with E-state index in [2.05, 4.69) is 193 Å². The van der Waals surface area contributed by atoms with Crippen LogP contribution in [0.3, 0.4) is 0 Å². The minimum absolute atomic E-state index is 0.400. The highest BCUT2D eigenvalue weighted by molar-refractivity contribution is 6.18. The Balaban J connectivity index is 1.09. The molecule has 9 aromatic carbocycles. The van der Waals surface area contributed by atoms with Gasteiger partial charge in [0.1, 0.15) is 23.2 Å². The standard InChI is InChI=1S/C55H40N4O/c1-2-35-15-10-11-24-45(35)47-31-40-20-8-9-21-41(40)32-48(47)56-49-33-44(34-51-52(49)46-25-12-13-26-50(46)60-51)55-58-53(42-23-14-22-39(29-42)36-16-4-3-5-17-36)57-54(59-55)43-28-27-37-18-6-7-19-38(37)30-43/h3-34,53,56H,2H2,1H3,(H,57,58,59). The summed E-state index contributed by atoms with van der Waals surface area (Å²) in [6, 6.07) is 68.4. The third-order valence-electron chi connectivity index (χ3n) is 11.7. The lowest BCUT2D eigenvalue weighted by Gasteiger charge is -2.25. The van der Waals surface area contributed by atoms with Crippen molar-refractivity contribution >= 4 is 66.5 Å². The molecule has 1 aliphatic heterocycles. The molecule has 0 amide bonds. The van der Waals surface area contributed by atoms with Crippen LogP contribution in [0.1, 0.15) is 35.3 Å². The van der Waals surface area contributed by atoms with Crippen molar-refractivity contribution in [3.05, 3.63) is 216 Å². The second-order valence-corrected chi connectivity index (χ2v) is 15.4. The average Bonchev–Trinajstić information content (AvgIpc) is 3.70. The first-order valence-electron chi connectivity index (χ1n) is 20.6. The van der Waals surface area contributed by atoms with E-state index in [0.717, 1.165) is 83.9 Å². The number of fused-ring (bicyclic) bond motifs is 5. The average molecular weight is 773 g/mol. The minimum atomic E-state index is -0.400. The molecule has 0 saturated carbocycles. The number of nitrogens with zero attached hydrogens (tertiary/aromatic N) is 2. The first-order chi connectivity index (χ1) is 29.6. The fourth-order valence-corrected chi connectivity index (χ4v) is 8.64. The summed E-state index contributed by atoms with van der Waals surface area (Å²) in [4.78, 5) is 10.6. The maximum Gasteiger partial charge on any atom is 0.159 e. The van der Waals surface area contributed by atoms with Gasteiger partial charge in [0.05, 0.1) is 11.1 Å². The number of anilines is 2. The monoisotopic (exact) mass is 772 g/mol. The highest BCUT2D eigenvalue weighted by atomic mass is 16.3. The predicted molar refractivity (Wildman–Crippen MR) is 251 cm³/mol. The second kappa shape index (κ2) is 14.9. The summed E-state index contributed by atoms with van der Waals surface area (Å²) >= 11 is 0. The van der Waals surface area contributed by atoms with E-state index in [1.54, 1.807) is 0 Å². The Morgan fingerprint density at radius 3 is 2.08 bits per heavy atom. The highest BCUT2D eigenvalue weighted by Crippen LogP contribution is 2.41. The molecule has 11 rings (SSSR count). The Bertz CT molecular complexity index is 3320. The van der Waals surface area contributed by atoms with Crippen molar-refractivity contribution in [3.63, 3.8) is 0 Å². The van der Waals surface area contributed by atoms with Crippen LogP contribution in [-0.4, -0.2) is 11.7 Å². The summed E-state index contributed by atoms with van der Waals surface area (Å²) < 4.78 is 6.67. The number of hydrogen-bond acceptors (Lipinski definition) is 5. The number of nitrogens with one attached hydrogen (secondary N) is 2. The summed E-state index contributed by atoms with van der Waals surface area (Å²) in [6.07, 6.45) is 0.527. The van der Waals surface area contributed by atoms with E-state index >= 15 is 0 Å². The molecule has 0 radical (unpaired) electrons. The molecule has 0 aliphatic carbocycles. The number of aliphatic imine (C=N–C) groups is 2. The van der Waals surface area contributed by atoms with Crippen molar-refractivity contribution in [2.45, 2.75) is 19.5 Å². The molecule has 286 valence electrons. The molecule has 10 aromatic rings. The van der Waals surface area contributed by atoms with E-state index in [-0.39, 0.29) is 0 Å². The Labute approximate surface area is 348 Å². The zero-order chi connectivity index (χ0) is 40.0. The van der Waals surface area contributed by atoms with E-state index in [4.69, 9.17) is 14.4 Å². The van der Waals surface area contributed by atoms with Crippen LogP contribution in [0.4, 0.5) is 11.4 Å². The molecule has 0 fully saturated rings. The lowest BCUT2D eigenvalue weighted by Crippen LogP contribution is -2.33. The molecule has 1 aliphatic rings. The van der Waals surface area contributed by atoms with Crippen molar-refractivity contribution in [3.8, 4) is 22.3 Å². The van der Waals surface area contributed by atoms with Gasteiger partial charge in [0.2, 0.25) is 0 Å². The zero-order valence-corrected chi connectivity index (χ0v) is 33.1. The molecule has 2 N–H and O–H groups in total. The lowest BCUT2D eigenvalue weighted by atomic mass is 9.94. The Hall–Kier alpha value is -7.76. The topological polar surface area (TPSA) is 61.9 Å². The zero-order valence-electron chi connectivity index (χ0n) is 33.1. The number of benzene rings is 9. The van der Waals surface area contributed by atoms with Crippen molar-refractivity contribution < 1.29 is 4.42 Å². The fraction of sp³-hybridized carbons (Fsp3) is 0.0545. The van der Waals surface area contributed by atoms with E-state index < -0.39 is 6.17 Å². The molecular formula is C55H40N4O. The van der Waals surface area contributed by atoms with Gasteiger partial charge in [0.15, 0.2) is 5.84 Å². The third-order valence-corrected chi connectivity index (χ3v) is 11.7. The predicted octanol–water partition coefficient (Wildman–Crippen LogP) is 14.0. The third kappa shape index (κ3) is 6.47. The van der Waals surface area contributed by atoms with E-state index in [0.29, 0.717) is 11.7 Å². The Morgan fingerprint density at radius 1 is 0.517 bits per heavy atom. The summed E-state index contributed by atoms with van der Waals surface area (Å²) in [5.74, 6) is 1.38. The van der Waals surface area contributed by atoms with Gasteiger partial charge in [-0.1, -0.05) is 159 Å². The highest BCUT2D eigenvalue weighted by Gasteiger charge is 2.24. The number of rotatable bonds is 8. The Kier molecular flexibility index (Phi) is 8.78. The van der Waals surface area contributed by atoms with E-state index in [9.17, 15) is 0 Å². The quantitative estimate of drug-likeness (QED) is 0.162. The van der Waals surface area contributed by atoms with Gasteiger partial charge >= 0.3 is 0 Å². The van der Waals surface area contributed by atoms with E-state index in [1.807, 2.05) is 18.2 Å². The van der Waals surface area contributed by atoms with Gasteiger partial charge in [0, 0.05) is 27.8 Å². The molecule has 0 spiro atoms. The van der Waals surface area contributed by atoms with E-state index in [1.165, 1.54) is 21.9 Å². The van der Waals surface area contributed by atoms with Crippen LogP contribution in [0.5, 0.6) is 0 Å². The number of hydrogen-bond donors (Lipinski definition) is 2. The number of para-hydroxylation sites is 1. The molecule has 60 heavy (non-hydrogen) atoms. The molecule has 1 aromatic heterocycles. The number of amidine groups is 2. The fourth-order valence-electron chi connectivity index (χ4n) is 8.64. The molecule has 5 nitrogen and oxygen atoms in total. The molecule has 1 unspecified atom stereocenters. The molecule has 2 heterocycles. The summed E-state index contributed by atoms with van der Waals surface area (Å²) in [7, 11) is 0. The van der Waals surface area contributed by atoms with Crippen molar-refractivity contribution in [2.75, 3.05) is 5.32 Å². The van der Waals surface area contributed by atoms with Crippen LogP contribution in [0.25, 0.3) is 65.7 Å². The normalized spacial score (nSPS) is 14.0. The van der Waals surface area contributed by atoms with Gasteiger partial charge in [-0.25, -0.2) is 9.98 Å². The van der Waals surface area contributed by atoms with Crippen LogP contribution < -0.4 is 10.6 Å². The molecular weight excluding hydrogens is 733 g/mol.